The summed E-state index contributed by atoms with van der Waals surface area (Å²) in [6.07, 6.45) is 0.567. The van der Waals surface area contributed by atoms with Crippen molar-refractivity contribution in [3.05, 3.63) is 65.0 Å². The highest BCUT2D eigenvalue weighted by Gasteiger charge is 2.20. The third-order valence-corrected chi connectivity index (χ3v) is 4.70. The molecule has 6 nitrogen and oxygen atoms in total. The lowest BCUT2D eigenvalue weighted by molar-refractivity contribution is -0.137. The van der Waals surface area contributed by atoms with Crippen molar-refractivity contribution in [2.24, 2.45) is 0 Å². The van der Waals surface area contributed by atoms with Crippen molar-refractivity contribution in [2.75, 3.05) is 0 Å². The van der Waals surface area contributed by atoms with Crippen molar-refractivity contribution in [1.29, 1.82) is 0 Å². The van der Waals surface area contributed by atoms with Crippen LogP contribution >= 0.6 is 0 Å². The van der Waals surface area contributed by atoms with E-state index in [1.54, 1.807) is 0 Å². The van der Waals surface area contributed by atoms with Crippen LogP contribution in [0, 0.1) is 13.8 Å². The van der Waals surface area contributed by atoms with Crippen LogP contribution in [0.1, 0.15) is 41.5 Å². The highest BCUT2D eigenvalue weighted by atomic mass is 16.5. The Morgan fingerprint density at radius 3 is 2.59 bits per heavy atom. The maximum atomic E-state index is 12.5. The minimum atomic E-state index is -0.959. The fraction of sp³-hybridized carbons (Fsp3) is 0.286. The molecule has 0 unspecified atom stereocenters. The SMILES string of the molecule is Cc1noc(C)c1CCC(=O)N[C@H](CC(=O)O)c1cccc2ccccc12. The van der Waals surface area contributed by atoms with Gasteiger partial charge in [-0.05, 0) is 36.6 Å². The Bertz CT molecular complexity index is 952. The van der Waals surface area contributed by atoms with E-state index in [1.165, 1.54) is 0 Å². The van der Waals surface area contributed by atoms with Gasteiger partial charge in [-0.1, -0.05) is 47.6 Å². The predicted molar refractivity (Wildman–Crippen MR) is 101 cm³/mol. The van der Waals surface area contributed by atoms with E-state index in [9.17, 15) is 14.7 Å². The molecule has 3 rings (SSSR count). The molecule has 2 aromatic carbocycles. The molecule has 0 saturated heterocycles. The first-order valence-electron chi connectivity index (χ1n) is 8.86. The molecule has 0 radical (unpaired) electrons. The van der Waals surface area contributed by atoms with Gasteiger partial charge in [-0.25, -0.2) is 0 Å². The van der Waals surface area contributed by atoms with Crippen LogP contribution in [-0.2, 0) is 16.0 Å². The van der Waals surface area contributed by atoms with Gasteiger partial charge in [0.2, 0.25) is 5.91 Å². The predicted octanol–water partition coefficient (Wildman–Crippen LogP) is 3.71. The van der Waals surface area contributed by atoms with Crippen LogP contribution in [0.3, 0.4) is 0 Å². The fourth-order valence-corrected chi connectivity index (χ4v) is 3.33. The molecule has 3 aromatic rings. The van der Waals surface area contributed by atoms with Crippen molar-refractivity contribution >= 4 is 22.6 Å². The molecule has 1 aromatic heterocycles. The number of nitrogens with zero attached hydrogens (tertiary/aromatic N) is 1. The molecule has 6 heteroatoms. The normalized spacial score (nSPS) is 12.1. The summed E-state index contributed by atoms with van der Waals surface area (Å²) in [7, 11) is 0. The second-order valence-electron chi connectivity index (χ2n) is 6.59. The average molecular weight is 366 g/mol. The first-order chi connectivity index (χ1) is 13.0. The minimum absolute atomic E-state index is 0.176. The van der Waals surface area contributed by atoms with Gasteiger partial charge in [-0.15, -0.1) is 0 Å². The second-order valence-corrected chi connectivity index (χ2v) is 6.59. The third kappa shape index (κ3) is 4.34. The summed E-state index contributed by atoms with van der Waals surface area (Å²) in [4.78, 5) is 23.9. The number of aromatic nitrogens is 1. The van der Waals surface area contributed by atoms with Gasteiger partial charge >= 0.3 is 5.97 Å². The van der Waals surface area contributed by atoms with Crippen LogP contribution in [0.2, 0.25) is 0 Å². The lowest BCUT2D eigenvalue weighted by Crippen LogP contribution is -2.30. The van der Waals surface area contributed by atoms with Gasteiger partial charge in [0.15, 0.2) is 0 Å². The van der Waals surface area contributed by atoms with Crippen molar-refractivity contribution in [3.8, 4) is 0 Å². The maximum Gasteiger partial charge on any atom is 0.305 e. The molecule has 0 bridgehead atoms. The monoisotopic (exact) mass is 366 g/mol. The zero-order valence-electron chi connectivity index (χ0n) is 15.4. The van der Waals surface area contributed by atoms with Crippen molar-refractivity contribution < 1.29 is 19.2 Å². The number of fused-ring (bicyclic) bond motifs is 1. The van der Waals surface area contributed by atoms with E-state index in [0.717, 1.165) is 27.6 Å². The van der Waals surface area contributed by atoms with Crippen LogP contribution < -0.4 is 5.32 Å². The molecular formula is C21H22N2O4. The Morgan fingerprint density at radius 2 is 1.89 bits per heavy atom. The molecule has 0 aliphatic rings. The van der Waals surface area contributed by atoms with Crippen LogP contribution in [0.4, 0.5) is 0 Å². The Kier molecular flexibility index (Phi) is 5.54. The van der Waals surface area contributed by atoms with Gasteiger partial charge in [0, 0.05) is 12.0 Å². The number of carbonyl (C=O) groups excluding carboxylic acids is 1. The lowest BCUT2D eigenvalue weighted by atomic mass is 9.96. The molecule has 2 N–H and O–H groups in total. The van der Waals surface area contributed by atoms with Crippen LogP contribution in [-0.4, -0.2) is 22.1 Å². The third-order valence-electron chi connectivity index (χ3n) is 4.70. The standard InChI is InChI=1S/C21H22N2O4/c1-13-16(14(2)27-23-13)10-11-20(24)22-19(12-21(25)26)18-9-5-7-15-6-3-4-8-17(15)18/h3-9,19H,10-12H2,1-2H3,(H,22,24)(H,25,26)/t19-/m1/s1. The van der Waals surface area contributed by atoms with Gasteiger partial charge in [0.25, 0.3) is 0 Å². The Hall–Kier alpha value is -3.15. The Labute approximate surface area is 157 Å². The highest BCUT2D eigenvalue weighted by Crippen LogP contribution is 2.26. The number of rotatable bonds is 7. The largest absolute Gasteiger partial charge is 0.481 e. The molecule has 0 saturated carbocycles. The molecule has 1 atom stereocenters. The summed E-state index contributed by atoms with van der Waals surface area (Å²) in [6, 6.07) is 12.9. The summed E-state index contributed by atoms with van der Waals surface area (Å²) in [6.45, 7) is 3.66. The van der Waals surface area contributed by atoms with Gasteiger partial charge in [0.1, 0.15) is 5.76 Å². The fourth-order valence-electron chi connectivity index (χ4n) is 3.33. The van der Waals surface area contributed by atoms with Gasteiger partial charge in [0.05, 0.1) is 18.2 Å². The second kappa shape index (κ2) is 8.03. The summed E-state index contributed by atoms with van der Waals surface area (Å²) in [5.74, 6) is -0.454. The van der Waals surface area contributed by atoms with Crippen LogP contribution in [0.25, 0.3) is 10.8 Å². The lowest BCUT2D eigenvalue weighted by Gasteiger charge is -2.19. The number of hydrogen-bond acceptors (Lipinski definition) is 4. The zero-order chi connectivity index (χ0) is 19.4. The van der Waals surface area contributed by atoms with Crippen molar-refractivity contribution in [2.45, 2.75) is 39.2 Å². The van der Waals surface area contributed by atoms with E-state index in [1.807, 2.05) is 56.3 Å². The molecule has 1 amide bonds. The van der Waals surface area contributed by atoms with Crippen LogP contribution in [0.15, 0.2) is 47.0 Å². The van der Waals surface area contributed by atoms with Gasteiger partial charge in [-0.2, -0.15) is 0 Å². The topological polar surface area (TPSA) is 92.4 Å². The number of aryl methyl sites for hydroxylation is 2. The number of carboxylic acids is 1. The molecule has 0 fully saturated rings. The number of amides is 1. The van der Waals surface area contributed by atoms with E-state index < -0.39 is 12.0 Å². The Morgan fingerprint density at radius 1 is 1.15 bits per heavy atom. The molecule has 0 spiro atoms. The zero-order valence-corrected chi connectivity index (χ0v) is 15.4. The maximum absolute atomic E-state index is 12.5. The minimum Gasteiger partial charge on any atom is -0.481 e. The molecule has 0 aliphatic heterocycles. The van der Waals surface area contributed by atoms with Crippen molar-refractivity contribution in [1.82, 2.24) is 10.5 Å². The van der Waals surface area contributed by atoms with E-state index in [2.05, 4.69) is 10.5 Å². The number of carboxylic acid groups (broad SMARTS) is 1. The van der Waals surface area contributed by atoms with E-state index in [-0.39, 0.29) is 18.7 Å². The summed E-state index contributed by atoms with van der Waals surface area (Å²) in [5, 5.41) is 18.0. The number of hydrogen-bond donors (Lipinski definition) is 2. The van der Waals surface area contributed by atoms with Gasteiger partial charge in [-0.3, -0.25) is 9.59 Å². The summed E-state index contributed by atoms with van der Waals surface area (Å²) in [5.41, 5.74) is 2.50. The molecular weight excluding hydrogens is 344 g/mol. The first-order valence-corrected chi connectivity index (χ1v) is 8.86. The van der Waals surface area contributed by atoms with E-state index in [4.69, 9.17) is 4.52 Å². The molecule has 27 heavy (non-hydrogen) atoms. The average Bonchev–Trinajstić information content (AvgIpc) is 2.96. The number of nitrogens with one attached hydrogen (secondary N) is 1. The highest BCUT2D eigenvalue weighted by molar-refractivity contribution is 5.87. The quantitative estimate of drug-likeness (QED) is 0.665. The smallest absolute Gasteiger partial charge is 0.305 e. The molecule has 0 aliphatic carbocycles. The number of aliphatic carboxylic acids is 1. The van der Waals surface area contributed by atoms with Crippen molar-refractivity contribution in [3.63, 3.8) is 0 Å². The first kappa shape index (κ1) is 18.6. The van der Waals surface area contributed by atoms with E-state index in [0.29, 0.717) is 12.2 Å². The van der Waals surface area contributed by atoms with E-state index >= 15 is 0 Å². The summed E-state index contributed by atoms with van der Waals surface area (Å²) < 4.78 is 5.12. The Balaban J connectivity index is 1.78. The van der Waals surface area contributed by atoms with Crippen LogP contribution in [0.5, 0.6) is 0 Å². The number of carbonyl (C=O) groups is 2. The molecule has 1 heterocycles. The summed E-state index contributed by atoms with van der Waals surface area (Å²) >= 11 is 0. The van der Waals surface area contributed by atoms with Gasteiger partial charge < -0.3 is 14.9 Å². The number of benzene rings is 2. The molecule has 140 valence electrons.